The molecule has 2 aromatic heterocycles. The molecule has 0 saturated carbocycles. The van der Waals surface area contributed by atoms with Crippen molar-refractivity contribution in [1.82, 2.24) is 25.1 Å². The van der Waals surface area contributed by atoms with Gasteiger partial charge in [0, 0.05) is 12.1 Å². The minimum atomic E-state index is -0.639. The first kappa shape index (κ1) is 24.8. The summed E-state index contributed by atoms with van der Waals surface area (Å²) in [5.41, 5.74) is 3.43. The van der Waals surface area contributed by atoms with Crippen LogP contribution in [0.15, 0.2) is 48.5 Å². The van der Waals surface area contributed by atoms with E-state index in [9.17, 15) is 4.79 Å². The van der Waals surface area contributed by atoms with Crippen LogP contribution in [0, 0.1) is 13.8 Å². The van der Waals surface area contributed by atoms with Gasteiger partial charge in [-0.1, -0.05) is 6.07 Å². The van der Waals surface area contributed by atoms with Crippen molar-refractivity contribution in [2.45, 2.75) is 26.9 Å². The summed E-state index contributed by atoms with van der Waals surface area (Å²) in [5, 5.41) is 15.8. The summed E-state index contributed by atoms with van der Waals surface area (Å²) in [6.07, 6.45) is -0.639. The molecule has 10 heteroatoms. The molecule has 1 atom stereocenters. The SMILES string of the molecule is COc1ccc(-c2nnc3ccc(OCCNC(=O)C(C)Oc4cc(C)cc(C)c4)nn23)c(OC)c1. The summed E-state index contributed by atoms with van der Waals surface area (Å²) in [7, 11) is 3.17. The highest BCUT2D eigenvalue weighted by Crippen LogP contribution is 2.32. The molecule has 1 amide bonds. The van der Waals surface area contributed by atoms with Gasteiger partial charge in [0.25, 0.3) is 5.91 Å². The summed E-state index contributed by atoms with van der Waals surface area (Å²) >= 11 is 0. The van der Waals surface area contributed by atoms with Gasteiger partial charge in [-0.3, -0.25) is 4.79 Å². The molecule has 1 unspecified atom stereocenters. The van der Waals surface area contributed by atoms with E-state index in [2.05, 4.69) is 26.7 Å². The zero-order valence-electron chi connectivity index (χ0n) is 20.9. The Kier molecular flexibility index (Phi) is 7.53. The van der Waals surface area contributed by atoms with E-state index in [-0.39, 0.29) is 12.5 Å². The molecule has 0 radical (unpaired) electrons. The molecule has 0 bridgehead atoms. The van der Waals surface area contributed by atoms with Crippen LogP contribution in [-0.4, -0.2) is 59.2 Å². The number of nitrogens with one attached hydrogen (secondary N) is 1. The number of carbonyl (C=O) groups excluding carboxylic acids is 1. The molecule has 4 rings (SSSR count). The quantitative estimate of drug-likeness (QED) is 0.336. The Hall–Kier alpha value is -4.34. The molecule has 2 heterocycles. The third-order valence-electron chi connectivity index (χ3n) is 5.42. The molecule has 0 spiro atoms. The number of nitrogens with zero attached hydrogens (tertiary/aromatic N) is 4. The highest BCUT2D eigenvalue weighted by Gasteiger charge is 2.17. The van der Waals surface area contributed by atoms with Crippen molar-refractivity contribution >= 4 is 11.6 Å². The monoisotopic (exact) mass is 491 g/mol. The van der Waals surface area contributed by atoms with Crippen molar-refractivity contribution in [2.24, 2.45) is 0 Å². The first-order valence-corrected chi connectivity index (χ1v) is 11.5. The third kappa shape index (κ3) is 5.65. The van der Waals surface area contributed by atoms with Crippen molar-refractivity contribution in [3.05, 3.63) is 59.7 Å². The second-order valence-electron chi connectivity index (χ2n) is 8.25. The maximum absolute atomic E-state index is 12.4. The zero-order valence-corrected chi connectivity index (χ0v) is 20.9. The Bertz CT molecular complexity index is 1350. The Morgan fingerprint density at radius 3 is 2.47 bits per heavy atom. The number of carbonyl (C=O) groups is 1. The number of fused-ring (bicyclic) bond motifs is 1. The van der Waals surface area contributed by atoms with Gasteiger partial charge in [0.2, 0.25) is 5.88 Å². The smallest absolute Gasteiger partial charge is 0.260 e. The number of ether oxygens (including phenoxy) is 4. The average Bonchev–Trinajstić information content (AvgIpc) is 3.28. The van der Waals surface area contributed by atoms with E-state index in [1.165, 1.54) is 0 Å². The minimum absolute atomic E-state index is 0.226. The highest BCUT2D eigenvalue weighted by molar-refractivity contribution is 5.80. The van der Waals surface area contributed by atoms with Crippen molar-refractivity contribution in [3.8, 4) is 34.5 Å². The van der Waals surface area contributed by atoms with Gasteiger partial charge in [0.05, 0.1) is 26.3 Å². The van der Waals surface area contributed by atoms with Crippen LogP contribution in [0.3, 0.4) is 0 Å². The van der Waals surface area contributed by atoms with Crippen molar-refractivity contribution < 1.29 is 23.7 Å². The first-order valence-electron chi connectivity index (χ1n) is 11.5. The van der Waals surface area contributed by atoms with E-state index in [0.29, 0.717) is 46.7 Å². The lowest BCUT2D eigenvalue weighted by Gasteiger charge is -2.15. The molecule has 36 heavy (non-hydrogen) atoms. The van der Waals surface area contributed by atoms with Crippen LogP contribution in [-0.2, 0) is 4.79 Å². The molecular weight excluding hydrogens is 462 g/mol. The Morgan fingerprint density at radius 1 is 0.972 bits per heavy atom. The number of hydrogen-bond donors (Lipinski definition) is 1. The molecule has 10 nitrogen and oxygen atoms in total. The maximum atomic E-state index is 12.4. The van der Waals surface area contributed by atoms with Gasteiger partial charge in [-0.05, 0) is 62.2 Å². The predicted octanol–water partition coefficient (Wildman–Crippen LogP) is 3.39. The van der Waals surface area contributed by atoms with Crippen LogP contribution < -0.4 is 24.3 Å². The van der Waals surface area contributed by atoms with E-state index in [0.717, 1.165) is 11.1 Å². The lowest BCUT2D eigenvalue weighted by molar-refractivity contribution is -0.127. The highest BCUT2D eigenvalue weighted by atomic mass is 16.5. The van der Waals surface area contributed by atoms with Crippen molar-refractivity contribution in [1.29, 1.82) is 0 Å². The molecule has 1 N–H and O–H groups in total. The normalized spacial score (nSPS) is 11.7. The molecule has 188 valence electrons. The van der Waals surface area contributed by atoms with E-state index in [1.54, 1.807) is 43.9 Å². The van der Waals surface area contributed by atoms with Crippen molar-refractivity contribution in [2.75, 3.05) is 27.4 Å². The zero-order chi connectivity index (χ0) is 25.7. The molecule has 0 saturated heterocycles. The van der Waals surface area contributed by atoms with E-state index < -0.39 is 6.10 Å². The largest absolute Gasteiger partial charge is 0.497 e. The fourth-order valence-electron chi connectivity index (χ4n) is 3.73. The predicted molar refractivity (Wildman–Crippen MR) is 134 cm³/mol. The van der Waals surface area contributed by atoms with Crippen LogP contribution in [0.1, 0.15) is 18.1 Å². The van der Waals surface area contributed by atoms with Crippen LogP contribution in [0.4, 0.5) is 0 Å². The molecule has 0 aliphatic carbocycles. The maximum Gasteiger partial charge on any atom is 0.260 e. The van der Waals surface area contributed by atoms with Crippen LogP contribution in [0.2, 0.25) is 0 Å². The van der Waals surface area contributed by atoms with Gasteiger partial charge in [-0.25, -0.2) is 0 Å². The van der Waals surface area contributed by atoms with Gasteiger partial charge < -0.3 is 24.3 Å². The number of aromatic nitrogens is 4. The van der Waals surface area contributed by atoms with Crippen LogP contribution in [0.25, 0.3) is 17.0 Å². The standard InChI is InChI=1S/C26H29N5O5/c1-16-12-17(2)14-20(13-16)36-18(3)26(32)27-10-11-35-24-9-8-23-28-29-25(31(23)30-24)21-7-6-19(33-4)15-22(21)34-5/h6-9,12-15,18H,10-11H2,1-5H3,(H,27,32). The Morgan fingerprint density at radius 2 is 1.75 bits per heavy atom. The molecular formula is C26H29N5O5. The van der Waals surface area contributed by atoms with Crippen LogP contribution in [0.5, 0.6) is 23.1 Å². The van der Waals surface area contributed by atoms with Crippen molar-refractivity contribution in [3.63, 3.8) is 0 Å². The fraction of sp³-hybridized carbons (Fsp3) is 0.308. The van der Waals surface area contributed by atoms with Gasteiger partial charge in [-0.15, -0.1) is 15.3 Å². The van der Waals surface area contributed by atoms with E-state index in [1.807, 2.05) is 38.1 Å². The van der Waals surface area contributed by atoms with Gasteiger partial charge >= 0.3 is 0 Å². The van der Waals surface area contributed by atoms with Gasteiger partial charge in [-0.2, -0.15) is 4.52 Å². The number of benzene rings is 2. The number of aryl methyl sites for hydroxylation is 2. The molecule has 0 fully saturated rings. The summed E-state index contributed by atoms with van der Waals surface area (Å²) < 4.78 is 23.9. The molecule has 0 aliphatic rings. The van der Waals surface area contributed by atoms with Gasteiger partial charge in [0.15, 0.2) is 17.6 Å². The molecule has 2 aromatic carbocycles. The number of hydrogen-bond acceptors (Lipinski definition) is 8. The second-order valence-corrected chi connectivity index (χ2v) is 8.25. The fourth-order valence-corrected chi connectivity index (χ4v) is 3.73. The number of amides is 1. The first-order chi connectivity index (χ1) is 17.4. The third-order valence-corrected chi connectivity index (χ3v) is 5.42. The summed E-state index contributed by atoms with van der Waals surface area (Å²) in [6.45, 7) is 6.21. The lowest BCUT2D eigenvalue weighted by atomic mass is 10.1. The summed E-state index contributed by atoms with van der Waals surface area (Å²) in [6, 6.07) is 14.7. The number of methoxy groups -OCH3 is 2. The topological polar surface area (TPSA) is 109 Å². The van der Waals surface area contributed by atoms with Crippen LogP contribution >= 0.6 is 0 Å². The average molecular weight is 492 g/mol. The Labute approximate surface area is 209 Å². The second kappa shape index (κ2) is 10.9. The van der Waals surface area contributed by atoms with Gasteiger partial charge in [0.1, 0.15) is 23.9 Å². The number of rotatable bonds is 10. The molecule has 0 aliphatic heterocycles. The lowest BCUT2D eigenvalue weighted by Crippen LogP contribution is -2.38. The Balaban J connectivity index is 1.36. The van der Waals surface area contributed by atoms with E-state index >= 15 is 0 Å². The summed E-state index contributed by atoms with van der Waals surface area (Å²) in [5.74, 6) is 2.55. The summed E-state index contributed by atoms with van der Waals surface area (Å²) in [4.78, 5) is 12.4. The minimum Gasteiger partial charge on any atom is -0.497 e. The van der Waals surface area contributed by atoms with E-state index in [4.69, 9.17) is 18.9 Å². The molecule has 4 aromatic rings.